The van der Waals surface area contributed by atoms with Crippen LogP contribution in [0.1, 0.15) is 29.5 Å². The lowest BCUT2D eigenvalue weighted by Gasteiger charge is -2.31. The quantitative estimate of drug-likeness (QED) is 0.520. The SMILES string of the molecule is O=C(Cc1cccs1)N1CCC[C@H](c2nc3ccc(-c4ccncc4)cn3n2)C1. The fraction of sp³-hybridized carbons (Fsp3) is 0.273. The number of hydrogen-bond acceptors (Lipinski definition) is 5. The number of rotatable bonds is 4. The van der Waals surface area contributed by atoms with Crippen LogP contribution in [0.5, 0.6) is 0 Å². The summed E-state index contributed by atoms with van der Waals surface area (Å²) in [6, 6.07) is 12.0. The summed E-state index contributed by atoms with van der Waals surface area (Å²) in [6.45, 7) is 1.51. The van der Waals surface area contributed by atoms with Gasteiger partial charge in [0.2, 0.25) is 5.91 Å². The van der Waals surface area contributed by atoms with Crippen molar-refractivity contribution in [3.8, 4) is 11.1 Å². The minimum Gasteiger partial charge on any atom is -0.342 e. The Morgan fingerprint density at radius 2 is 2.03 bits per heavy atom. The Morgan fingerprint density at radius 1 is 1.14 bits per heavy atom. The Kier molecular flexibility index (Phi) is 4.81. The normalized spacial score (nSPS) is 17.0. The van der Waals surface area contributed by atoms with Gasteiger partial charge in [0.1, 0.15) is 0 Å². The summed E-state index contributed by atoms with van der Waals surface area (Å²) in [5, 5.41) is 6.76. The molecule has 1 amide bonds. The molecule has 1 saturated heterocycles. The summed E-state index contributed by atoms with van der Waals surface area (Å²) in [5.74, 6) is 1.20. The van der Waals surface area contributed by atoms with E-state index in [4.69, 9.17) is 10.1 Å². The van der Waals surface area contributed by atoms with E-state index in [1.54, 1.807) is 23.7 Å². The molecule has 146 valence electrons. The lowest BCUT2D eigenvalue weighted by atomic mass is 9.97. The molecule has 5 heterocycles. The molecule has 0 aromatic carbocycles. The first-order valence-electron chi connectivity index (χ1n) is 9.83. The fourth-order valence-electron chi connectivity index (χ4n) is 3.88. The number of likely N-dealkylation sites (tertiary alicyclic amines) is 1. The minimum atomic E-state index is 0.181. The topological polar surface area (TPSA) is 63.4 Å². The Hall–Kier alpha value is -3.06. The van der Waals surface area contributed by atoms with Crippen LogP contribution in [-0.2, 0) is 11.2 Å². The molecule has 0 spiro atoms. The number of thiophene rings is 1. The molecule has 0 bridgehead atoms. The maximum absolute atomic E-state index is 12.7. The predicted molar refractivity (Wildman–Crippen MR) is 113 cm³/mol. The Bertz CT molecular complexity index is 1120. The largest absolute Gasteiger partial charge is 0.342 e. The highest BCUT2D eigenvalue weighted by atomic mass is 32.1. The van der Waals surface area contributed by atoms with Gasteiger partial charge in [-0.1, -0.05) is 6.07 Å². The van der Waals surface area contributed by atoms with Crippen LogP contribution in [0.2, 0.25) is 0 Å². The lowest BCUT2D eigenvalue weighted by Crippen LogP contribution is -2.40. The standard InChI is InChI=1S/C22H21N5OS/c28-21(13-19-4-2-12-29-19)26-11-1-3-18(14-26)22-24-20-6-5-17(15-27(20)25-22)16-7-9-23-10-8-16/h2,4-10,12,15,18H,1,3,11,13-14H2/t18-/m0/s1. The van der Waals surface area contributed by atoms with Gasteiger partial charge >= 0.3 is 0 Å². The first-order chi connectivity index (χ1) is 14.3. The number of hydrogen-bond donors (Lipinski definition) is 0. The third-order valence-corrected chi connectivity index (χ3v) is 6.28. The van der Waals surface area contributed by atoms with E-state index >= 15 is 0 Å². The number of fused-ring (bicyclic) bond motifs is 1. The first-order valence-corrected chi connectivity index (χ1v) is 10.7. The fourth-order valence-corrected chi connectivity index (χ4v) is 4.57. The molecular weight excluding hydrogens is 382 g/mol. The van der Waals surface area contributed by atoms with Crippen molar-refractivity contribution in [2.45, 2.75) is 25.2 Å². The molecule has 0 aliphatic carbocycles. The molecule has 0 saturated carbocycles. The van der Waals surface area contributed by atoms with Crippen LogP contribution in [0.3, 0.4) is 0 Å². The van der Waals surface area contributed by atoms with Crippen LogP contribution in [0.4, 0.5) is 0 Å². The van der Waals surface area contributed by atoms with Crippen molar-refractivity contribution in [3.05, 3.63) is 71.1 Å². The zero-order valence-corrected chi connectivity index (χ0v) is 16.8. The molecule has 0 radical (unpaired) electrons. The molecule has 7 heteroatoms. The van der Waals surface area contributed by atoms with E-state index in [9.17, 15) is 4.79 Å². The maximum Gasteiger partial charge on any atom is 0.227 e. The molecule has 29 heavy (non-hydrogen) atoms. The highest BCUT2D eigenvalue weighted by Crippen LogP contribution is 2.27. The first kappa shape index (κ1) is 18.0. The van der Waals surface area contributed by atoms with E-state index in [0.717, 1.165) is 46.9 Å². The van der Waals surface area contributed by atoms with Crippen LogP contribution < -0.4 is 0 Å². The molecule has 4 aromatic heterocycles. The molecule has 1 aliphatic heterocycles. The van der Waals surface area contributed by atoms with Crippen molar-refractivity contribution >= 4 is 22.9 Å². The van der Waals surface area contributed by atoms with E-state index in [1.807, 2.05) is 51.3 Å². The smallest absolute Gasteiger partial charge is 0.227 e. The molecule has 5 rings (SSSR count). The van der Waals surface area contributed by atoms with Crippen LogP contribution in [0, 0.1) is 0 Å². The van der Waals surface area contributed by atoms with Crippen molar-refractivity contribution < 1.29 is 4.79 Å². The molecule has 0 N–H and O–H groups in total. The van der Waals surface area contributed by atoms with Crippen molar-refractivity contribution in [2.75, 3.05) is 13.1 Å². The van der Waals surface area contributed by atoms with Crippen molar-refractivity contribution in [3.63, 3.8) is 0 Å². The van der Waals surface area contributed by atoms with Gasteiger partial charge in [-0.05, 0) is 54.1 Å². The number of nitrogens with zero attached hydrogens (tertiary/aromatic N) is 5. The minimum absolute atomic E-state index is 0.181. The van der Waals surface area contributed by atoms with E-state index in [-0.39, 0.29) is 11.8 Å². The average Bonchev–Trinajstić information content (AvgIpc) is 3.43. The van der Waals surface area contributed by atoms with Gasteiger partial charge < -0.3 is 4.90 Å². The van der Waals surface area contributed by atoms with E-state index in [2.05, 4.69) is 11.1 Å². The van der Waals surface area contributed by atoms with Crippen LogP contribution in [-0.4, -0.2) is 43.5 Å². The highest BCUT2D eigenvalue weighted by Gasteiger charge is 2.27. The third-order valence-electron chi connectivity index (χ3n) is 5.41. The van der Waals surface area contributed by atoms with Crippen molar-refractivity contribution in [1.82, 2.24) is 24.5 Å². The number of carbonyl (C=O) groups is 1. The molecule has 1 aliphatic rings. The Balaban J connectivity index is 1.35. The van der Waals surface area contributed by atoms with Gasteiger partial charge in [0, 0.05) is 48.0 Å². The predicted octanol–water partition coefficient (Wildman–Crippen LogP) is 3.80. The summed E-state index contributed by atoms with van der Waals surface area (Å²) in [7, 11) is 0. The summed E-state index contributed by atoms with van der Waals surface area (Å²) in [4.78, 5) is 24.6. The average molecular weight is 404 g/mol. The van der Waals surface area contributed by atoms with E-state index in [1.165, 1.54) is 0 Å². The molecular formula is C22H21N5OS. The Morgan fingerprint density at radius 3 is 2.86 bits per heavy atom. The Labute approximate surface area is 172 Å². The van der Waals surface area contributed by atoms with E-state index < -0.39 is 0 Å². The van der Waals surface area contributed by atoms with Gasteiger partial charge in [0.25, 0.3) is 0 Å². The molecule has 4 aromatic rings. The number of pyridine rings is 2. The zero-order valence-electron chi connectivity index (χ0n) is 15.9. The third kappa shape index (κ3) is 3.78. The van der Waals surface area contributed by atoms with Gasteiger partial charge in [-0.3, -0.25) is 9.78 Å². The lowest BCUT2D eigenvalue weighted by molar-refractivity contribution is -0.131. The maximum atomic E-state index is 12.7. The number of amides is 1. The van der Waals surface area contributed by atoms with Crippen molar-refractivity contribution in [2.24, 2.45) is 0 Å². The second kappa shape index (κ2) is 7.75. The van der Waals surface area contributed by atoms with E-state index in [0.29, 0.717) is 13.0 Å². The summed E-state index contributed by atoms with van der Waals surface area (Å²) in [5.41, 5.74) is 3.01. The van der Waals surface area contributed by atoms with Crippen LogP contribution >= 0.6 is 11.3 Å². The second-order valence-electron chi connectivity index (χ2n) is 7.36. The van der Waals surface area contributed by atoms with Crippen LogP contribution in [0.25, 0.3) is 16.8 Å². The van der Waals surface area contributed by atoms with Crippen molar-refractivity contribution in [1.29, 1.82) is 0 Å². The van der Waals surface area contributed by atoms with Gasteiger partial charge in [-0.25, -0.2) is 9.50 Å². The second-order valence-corrected chi connectivity index (χ2v) is 8.39. The summed E-state index contributed by atoms with van der Waals surface area (Å²) >= 11 is 1.64. The summed E-state index contributed by atoms with van der Waals surface area (Å²) < 4.78 is 1.84. The van der Waals surface area contributed by atoms with Gasteiger partial charge in [0.15, 0.2) is 11.5 Å². The summed E-state index contributed by atoms with van der Waals surface area (Å²) in [6.07, 6.45) is 8.06. The highest BCUT2D eigenvalue weighted by molar-refractivity contribution is 7.10. The number of carbonyl (C=O) groups excluding carboxylic acids is 1. The molecule has 6 nitrogen and oxygen atoms in total. The molecule has 0 unspecified atom stereocenters. The number of piperidine rings is 1. The zero-order chi connectivity index (χ0) is 19.6. The van der Waals surface area contributed by atoms with Crippen LogP contribution in [0.15, 0.2) is 60.4 Å². The number of aromatic nitrogens is 4. The molecule has 1 fully saturated rings. The van der Waals surface area contributed by atoms with Gasteiger partial charge in [-0.2, -0.15) is 5.10 Å². The van der Waals surface area contributed by atoms with Gasteiger partial charge in [0.05, 0.1) is 6.42 Å². The molecule has 1 atom stereocenters. The monoisotopic (exact) mass is 403 g/mol. The van der Waals surface area contributed by atoms with Gasteiger partial charge in [-0.15, -0.1) is 11.3 Å².